The minimum absolute atomic E-state index is 0.614. The standard InChI is InChI=1S/C13H25N/c1-10(2)11(3)13(4)8-14(9-13)7-12-5-6-12/h10-12H,5-9H2,1-4H3. The average molecular weight is 195 g/mol. The third-order valence-corrected chi connectivity index (χ3v) is 4.48. The third-order valence-electron chi connectivity index (χ3n) is 4.48. The van der Waals surface area contributed by atoms with Gasteiger partial charge in [-0.05, 0) is 36.0 Å². The molecule has 0 aromatic heterocycles. The molecule has 1 saturated carbocycles. The van der Waals surface area contributed by atoms with Crippen LogP contribution in [0.15, 0.2) is 0 Å². The Morgan fingerprint density at radius 1 is 1.21 bits per heavy atom. The second-order valence-electron chi connectivity index (χ2n) is 6.30. The Labute approximate surface area is 88.9 Å². The number of hydrogen-bond donors (Lipinski definition) is 0. The van der Waals surface area contributed by atoms with E-state index in [1.165, 1.54) is 32.5 Å². The van der Waals surface area contributed by atoms with Gasteiger partial charge in [0.05, 0.1) is 0 Å². The van der Waals surface area contributed by atoms with E-state index >= 15 is 0 Å². The first-order valence-electron chi connectivity index (χ1n) is 6.23. The van der Waals surface area contributed by atoms with Crippen LogP contribution in [0.3, 0.4) is 0 Å². The molecule has 14 heavy (non-hydrogen) atoms. The summed E-state index contributed by atoms with van der Waals surface area (Å²) in [7, 11) is 0. The van der Waals surface area contributed by atoms with Crippen molar-refractivity contribution in [2.45, 2.75) is 40.5 Å². The summed E-state index contributed by atoms with van der Waals surface area (Å²) in [5.74, 6) is 2.77. The second kappa shape index (κ2) is 3.52. The Morgan fingerprint density at radius 3 is 2.21 bits per heavy atom. The first kappa shape index (κ1) is 10.5. The van der Waals surface area contributed by atoms with Gasteiger partial charge in [0, 0.05) is 19.6 Å². The van der Waals surface area contributed by atoms with E-state index in [0.29, 0.717) is 5.41 Å². The van der Waals surface area contributed by atoms with Crippen LogP contribution >= 0.6 is 0 Å². The van der Waals surface area contributed by atoms with Gasteiger partial charge < -0.3 is 4.90 Å². The molecule has 0 bridgehead atoms. The van der Waals surface area contributed by atoms with Crippen LogP contribution in [0.2, 0.25) is 0 Å². The molecule has 0 N–H and O–H groups in total. The van der Waals surface area contributed by atoms with E-state index in [1.54, 1.807) is 0 Å². The molecule has 1 heterocycles. The first-order valence-corrected chi connectivity index (χ1v) is 6.23. The molecule has 1 heteroatoms. The Bertz CT molecular complexity index is 199. The van der Waals surface area contributed by atoms with Crippen molar-refractivity contribution < 1.29 is 0 Å². The van der Waals surface area contributed by atoms with Crippen LogP contribution < -0.4 is 0 Å². The topological polar surface area (TPSA) is 3.24 Å². The monoisotopic (exact) mass is 195 g/mol. The van der Waals surface area contributed by atoms with Crippen LogP contribution in [0.1, 0.15) is 40.5 Å². The minimum atomic E-state index is 0.614. The lowest BCUT2D eigenvalue weighted by Crippen LogP contribution is -2.58. The van der Waals surface area contributed by atoms with Crippen LogP contribution in [0, 0.1) is 23.2 Å². The molecule has 0 radical (unpaired) electrons. The van der Waals surface area contributed by atoms with Gasteiger partial charge in [-0.15, -0.1) is 0 Å². The zero-order chi connectivity index (χ0) is 10.3. The van der Waals surface area contributed by atoms with Crippen molar-refractivity contribution in [1.82, 2.24) is 4.90 Å². The molecule has 1 aliphatic heterocycles. The zero-order valence-corrected chi connectivity index (χ0v) is 10.2. The Morgan fingerprint density at radius 2 is 1.79 bits per heavy atom. The highest BCUT2D eigenvalue weighted by Crippen LogP contribution is 2.42. The van der Waals surface area contributed by atoms with Gasteiger partial charge in [-0.2, -0.15) is 0 Å². The lowest BCUT2D eigenvalue weighted by molar-refractivity contribution is -0.0431. The maximum Gasteiger partial charge on any atom is 0.00506 e. The second-order valence-corrected chi connectivity index (χ2v) is 6.30. The summed E-state index contributed by atoms with van der Waals surface area (Å²) < 4.78 is 0. The predicted octanol–water partition coefficient (Wildman–Crippen LogP) is 3.01. The van der Waals surface area contributed by atoms with Gasteiger partial charge in [-0.1, -0.05) is 27.7 Å². The smallest absolute Gasteiger partial charge is 0.00506 e. The SMILES string of the molecule is CC(C)C(C)C1(C)CN(CC2CC2)C1. The van der Waals surface area contributed by atoms with Crippen molar-refractivity contribution in [3.05, 3.63) is 0 Å². The zero-order valence-electron chi connectivity index (χ0n) is 10.2. The van der Waals surface area contributed by atoms with Crippen molar-refractivity contribution >= 4 is 0 Å². The van der Waals surface area contributed by atoms with Crippen LogP contribution in [0.4, 0.5) is 0 Å². The summed E-state index contributed by atoms with van der Waals surface area (Å²) in [6, 6.07) is 0. The molecule has 0 spiro atoms. The number of rotatable bonds is 4. The number of hydrogen-bond acceptors (Lipinski definition) is 1. The molecule has 2 rings (SSSR count). The molecule has 2 fully saturated rings. The van der Waals surface area contributed by atoms with E-state index in [9.17, 15) is 0 Å². The quantitative estimate of drug-likeness (QED) is 0.666. The van der Waals surface area contributed by atoms with Crippen molar-refractivity contribution in [3.63, 3.8) is 0 Å². The molecular formula is C13H25N. The fraction of sp³-hybridized carbons (Fsp3) is 1.00. The van der Waals surface area contributed by atoms with E-state index in [1.807, 2.05) is 0 Å². The lowest BCUT2D eigenvalue weighted by Gasteiger charge is -2.53. The van der Waals surface area contributed by atoms with Gasteiger partial charge in [0.25, 0.3) is 0 Å². The molecule has 2 aliphatic rings. The lowest BCUT2D eigenvalue weighted by atomic mass is 9.67. The van der Waals surface area contributed by atoms with Gasteiger partial charge in [0.15, 0.2) is 0 Å². The summed E-state index contributed by atoms with van der Waals surface area (Å²) in [6.07, 6.45) is 2.99. The van der Waals surface area contributed by atoms with Gasteiger partial charge in [-0.3, -0.25) is 0 Å². The van der Waals surface area contributed by atoms with Gasteiger partial charge in [-0.25, -0.2) is 0 Å². The van der Waals surface area contributed by atoms with Crippen LogP contribution in [0.5, 0.6) is 0 Å². The fourth-order valence-corrected chi connectivity index (χ4v) is 2.86. The average Bonchev–Trinajstić information content (AvgIpc) is 2.83. The van der Waals surface area contributed by atoms with Crippen molar-refractivity contribution in [2.24, 2.45) is 23.2 Å². The largest absolute Gasteiger partial charge is 0.302 e. The fourth-order valence-electron chi connectivity index (χ4n) is 2.86. The molecule has 1 aliphatic carbocycles. The molecule has 1 nitrogen and oxygen atoms in total. The van der Waals surface area contributed by atoms with Crippen LogP contribution in [0.25, 0.3) is 0 Å². The van der Waals surface area contributed by atoms with E-state index in [0.717, 1.165) is 17.8 Å². The molecule has 0 aromatic rings. The molecule has 0 amide bonds. The first-order chi connectivity index (χ1) is 6.51. The van der Waals surface area contributed by atoms with Crippen molar-refractivity contribution in [3.8, 4) is 0 Å². The Balaban J connectivity index is 1.77. The Hall–Kier alpha value is -0.0400. The summed E-state index contributed by atoms with van der Waals surface area (Å²) in [5, 5.41) is 0. The van der Waals surface area contributed by atoms with E-state index in [-0.39, 0.29) is 0 Å². The van der Waals surface area contributed by atoms with E-state index in [2.05, 4.69) is 32.6 Å². The maximum absolute atomic E-state index is 2.66. The number of nitrogens with zero attached hydrogens (tertiary/aromatic N) is 1. The van der Waals surface area contributed by atoms with Gasteiger partial charge in [0.1, 0.15) is 0 Å². The summed E-state index contributed by atoms with van der Waals surface area (Å²) >= 11 is 0. The van der Waals surface area contributed by atoms with Gasteiger partial charge in [0.2, 0.25) is 0 Å². The normalized spacial score (nSPS) is 28.9. The molecular weight excluding hydrogens is 170 g/mol. The van der Waals surface area contributed by atoms with Crippen LogP contribution in [-0.4, -0.2) is 24.5 Å². The molecule has 82 valence electrons. The maximum atomic E-state index is 2.66. The molecule has 1 unspecified atom stereocenters. The summed E-state index contributed by atoms with van der Waals surface area (Å²) in [4.78, 5) is 2.66. The summed E-state index contributed by atoms with van der Waals surface area (Å²) in [6.45, 7) is 13.7. The van der Waals surface area contributed by atoms with E-state index in [4.69, 9.17) is 0 Å². The van der Waals surface area contributed by atoms with Crippen molar-refractivity contribution in [1.29, 1.82) is 0 Å². The highest BCUT2D eigenvalue weighted by Gasteiger charge is 2.44. The molecule has 1 saturated heterocycles. The van der Waals surface area contributed by atoms with Gasteiger partial charge >= 0.3 is 0 Å². The van der Waals surface area contributed by atoms with E-state index < -0.39 is 0 Å². The highest BCUT2D eigenvalue weighted by molar-refractivity contribution is 4.97. The van der Waals surface area contributed by atoms with Crippen molar-refractivity contribution in [2.75, 3.05) is 19.6 Å². The Kier molecular flexibility index (Phi) is 2.63. The third kappa shape index (κ3) is 1.98. The molecule has 0 aromatic carbocycles. The highest BCUT2D eigenvalue weighted by atomic mass is 15.2. The van der Waals surface area contributed by atoms with Crippen LogP contribution in [-0.2, 0) is 0 Å². The predicted molar refractivity (Wildman–Crippen MR) is 61.3 cm³/mol. The minimum Gasteiger partial charge on any atom is -0.302 e. The summed E-state index contributed by atoms with van der Waals surface area (Å²) in [5.41, 5.74) is 0.614. The number of likely N-dealkylation sites (tertiary alicyclic amines) is 1. The molecule has 1 atom stereocenters.